The van der Waals surface area contributed by atoms with Crippen molar-refractivity contribution in [2.75, 3.05) is 13.1 Å². The van der Waals surface area contributed by atoms with Crippen LogP contribution in [0.3, 0.4) is 0 Å². The summed E-state index contributed by atoms with van der Waals surface area (Å²) in [6, 6.07) is 0. The van der Waals surface area contributed by atoms with Gasteiger partial charge in [-0.05, 0) is 39.2 Å². The van der Waals surface area contributed by atoms with Gasteiger partial charge in [-0.15, -0.1) is 0 Å². The highest BCUT2D eigenvalue weighted by molar-refractivity contribution is 6.00. The Bertz CT molecular complexity index is 550. The van der Waals surface area contributed by atoms with Crippen molar-refractivity contribution in [1.82, 2.24) is 9.88 Å². The number of aliphatic hydroxyl groups is 1. The van der Waals surface area contributed by atoms with Crippen LogP contribution in [0.15, 0.2) is 0 Å². The maximum atomic E-state index is 12.5. The predicted molar refractivity (Wildman–Crippen MR) is 73.0 cm³/mol. The molecule has 6 heteroatoms. The summed E-state index contributed by atoms with van der Waals surface area (Å²) < 4.78 is 0. The molecule has 0 spiro atoms. The molecule has 0 aromatic carbocycles. The van der Waals surface area contributed by atoms with Crippen LogP contribution in [-0.4, -0.2) is 50.7 Å². The van der Waals surface area contributed by atoms with Crippen molar-refractivity contribution >= 4 is 11.9 Å². The van der Waals surface area contributed by atoms with E-state index in [1.807, 2.05) is 0 Å². The molecule has 0 radical (unpaired) electrons. The molecule has 110 valence electrons. The minimum absolute atomic E-state index is 0.0647. The summed E-state index contributed by atoms with van der Waals surface area (Å²) in [5.41, 5.74) is 0.823. The predicted octanol–water partition coefficient (Wildman–Crippen LogP) is 1.32. The number of piperidine rings is 1. The molecule has 0 saturated carbocycles. The largest absolute Gasteiger partial charge is 0.477 e. The van der Waals surface area contributed by atoms with Gasteiger partial charge in [0.15, 0.2) is 0 Å². The number of aromatic amines is 1. The Balaban J connectivity index is 2.24. The molecule has 2 rings (SSSR count). The fourth-order valence-corrected chi connectivity index (χ4v) is 2.63. The van der Waals surface area contributed by atoms with Gasteiger partial charge in [0.1, 0.15) is 5.69 Å². The average Bonchev–Trinajstić information content (AvgIpc) is 2.64. The summed E-state index contributed by atoms with van der Waals surface area (Å²) in [5, 5.41) is 19.0. The van der Waals surface area contributed by atoms with Crippen LogP contribution in [0, 0.1) is 13.8 Å². The molecule has 1 aromatic rings. The molecular formula is C14H20N2O4. The Hall–Kier alpha value is -1.82. The van der Waals surface area contributed by atoms with Gasteiger partial charge in [-0.25, -0.2) is 4.79 Å². The number of aromatic carboxylic acids is 1. The van der Waals surface area contributed by atoms with E-state index < -0.39 is 11.6 Å². The van der Waals surface area contributed by atoms with Crippen molar-refractivity contribution in [3.05, 3.63) is 22.5 Å². The van der Waals surface area contributed by atoms with Crippen LogP contribution in [-0.2, 0) is 0 Å². The van der Waals surface area contributed by atoms with E-state index in [2.05, 4.69) is 4.98 Å². The SMILES string of the molecule is Cc1[nH]c(C(=O)O)c(C)c1C(=O)N1CCC(C)(O)CC1. The monoisotopic (exact) mass is 280 g/mol. The van der Waals surface area contributed by atoms with E-state index in [-0.39, 0.29) is 11.6 Å². The topological polar surface area (TPSA) is 93.6 Å². The second kappa shape index (κ2) is 4.94. The Labute approximate surface area is 117 Å². The normalized spacial score (nSPS) is 18.1. The van der Waals surface area contributed by atoms with Crippen molar-refractivity contribution < 1.29 is 19.8 Å². The third-order valence-corrected chi connectivity index (χ3v) is 3.99. The molecule has 0 bridgehead atoms. The van der Waals surface area contributed by atoms with Crippen molar-refractivity contribution in [2.45, 2.75) is 39.2 Å². The van der Waals surface area contributed by atoms with Gasteiger partial charge in [0, 0.05) is 18.8 Å². The Kier molecular flexibility index (Phi) is 3.60. The first kappa shape index (κ1) is 14.6. The fourth-order valence-electron chi connectivity index (χ4n) is 2.63. The van der Waals surface area contributed by atoms with Gasteiger partial charge in [-0.3, -0.25) is 4.79 Å². The van der Waals surface area contributed by atoms with Gasteiger partial charge in [-0.1, -0.05) is 0 Å². The van der Waals surface area contributed by atoms with Crippen molar-refractivity contribution in [2.24, 2.45) is 0 Å². The lowest BCUT2D eigenvalue weighted by atomic mass is 9.93. The van der Waals surface area contributed by atoms with Gasteiger partial charge < -0.3 is 20.1 Å². The summed E-state index contributed by atoms with van der Waals surface area (Å²) in [6.45, 7) is 6.08. The zero-order chi connectivity index (χ0) is 15.1. The number of amides is 1. The molecule has 1 aliphatic rings. The minimum atomic E-state index is -1.06. The number of hydrogen-bond acceptors (Lipinski definition) is 3. The maximum Gasteiger partial charge on any atom is 0.352 e. The van der Waals surface area contributed by atoms with Crippen molar-refractivity contribution in [3.8, 4) is 0 Å². The molecule has 0 aliphatic carbocycles. The minimum Gasteiger partial charge on any atom is -0.477 e. The van der Waals surface area contributed by atoms with E-state index in [0.29, 0.717) is 42.8 Å². The molecule has 1 fully saturated rings. The third kappa shape index (κ3) is 2.56. The highest BCUT2D eigenvalue weighted by atomic mass is 16.4. The molecule has 3 N–H and O–H groups in total. The van der Waals surface area contributed by atoms with Crippen LogP contribution in [0.25, 0.3) is 0 Å². The van der Waals surface area contributed by atoms with Crippen LogP contribution in [0.2, 0.25) is 0 Å². The van der Waals surface area contributed by atoms with Crippen molar-refractivity contribution in [3.63, 3.8) is 0 Å². The molecule has 6 nitrogen and oxygen atoms in total. The quantitative estimate of drug-likeness (QED) is 0.761. The lowest BCUT2D eigenvalue weighted by Crippen LogP contribution is -2.45. The van der Waals surface area contributed by atoms with Gasteiger partial charge in [0.05, 0.1) is 11.2 Å². The molecule has 0 atom stereocenters. The number of nitrogens with one attached hydrogen (secondary N) is 1. The van der Waals surface area contributed by atoms with E-state index in [1.165, 1.54) is 0 Å². The average molecular weight is 280 g/mol. The van der Waals surface area contributed by atoms with Gasteiger partial charge in [0.25, 0.3) is 5.91 Å². The Morgan fingerprint density at radius 1 is 1.25 bits per heavy atom. The first-order valence-corrected chi connectivity index (χ1v) is 6.67. The highest BCUT2D eigenvalue weighted by Gasteiger charge is 2.32. The summed E-state index contributed by atoms with van der Waals surface area (Å²) in [7, 11) is 0. The number of hydrogen-bond donors (Lipinski definition) is 3. The van der Waals surface area contributed by atoms with Crippen LogP contribution >= 0.6 is 0 Å². The molecule has 2 heterocycles. The van der Waals surface area contributed by atoms with Crippen molar-refractivity contribution in [1.29, 1.82) is 0 Å². The molecule has 1 amide bonds. The molecule has 1 aliphatic heterocycles. The number of carboxylic acids is 1. The van der Waals surface area contributed by atoms with Gasteiger partial charge in [0.2, 0.25) is 0 Å². The Morgan fingerprint density at radius 3 is 2.25 bits per heavy atom. The number of carbonyl (C=O) groups is 2. The lowest BCUT2D eigenvalue weighted by molar-refractivity contribution is -0.00205. The second-order valence-corrected chi connectivity index (χ2v) is 5.72. The van der Waals surface area contributed by atoms with Crippen LogP contribution in [0.1, 0.15) is 51.9 Å². The molecule has 20 heavy (non-hydrogen) atoms. The molecular weight excluding hydrogens is 260 g/mol. The third-order valence-electron chi connectivity index (χ3n) is 3.99. The first-order valence-electron chi connectivity index (χ1n) is 6.67. The number of rotatable bonds is 2. The maximum absolute atomic E-state index is 12.5. The zero-order valence-corrected chi connectivity index (χ0v) is 12.0. The van der Waals surface area contributed by atoms with E-state index in [9.17, 15) is 14.7 Å². The van der Waals surface area contributed by atoms with E-state index in [1.54, 1.807) is 25.7 Å². The smallest absolute Gasteiger partial charge is 0.352 e. The number of likely N-dealkylation sites (tertiary alicyclic amines) is 1. The number of aryl methyl sites for hydroxylation is 1. The van der Waals surface area contributed by atoms with E-state index >= 15 is 0 Å². The van der Waals surface area contributed by atoms with Crippen LogP contribution < -0.4 is 0 Å². The summed E-state index contributed by atoms with van der Waals surface area (Å²) in [5.74, 6) is -1.23. The standard InChI is InChI=1S/C14H20N2O4/c1-8-10(9(2)15-11(8)13(18)19)12(17)16-6-4-14(3,20)5-7-16/h15,20H,4-7H2,1-3H3,(H,18,19). The van der Waals surface area contributed by atoms with Crippen LogP contribution in [0.4, 0.5) is 0 Å². The fraction of sp³-hybridized carbons (Fsp3) is 0.571. The Morgan fingerprint density at radius 2 is 1.80 bits per heavy atom. The molecule has 1 aromatic heterocycles. The summed E-state index contributed by atoms with van der Waals surface area (Å²) in [6.07, 6.45) is 1.07. The second-order valence-electron chi connectivity index (χ2n) is 5.72. The summed E-state index contributed by atoms with van der Waals surface area (Å²) in [4.78, 5) is 28.0. The molecule has 0 unspecified atom stereocenters. The van der Waals surface area contributed by atoms with Crippen LogP contribution in [0.5, 0.6) is 0 Å². The zero-order valence-electron chi connectivity index (χ0n) is 12.0. The van der Waals surface area contributed by atoms with Gasteiger partial charge >= 0.3 is 5.97 Å². The number of carboxylic acid groups (broad SMARTS) is 1. The number of aromatic nitrogens is 1. The number of carbonyl (C=O) groups excluding carboxylic acids is 1. The van der Waals surface area contributed by atoms with E-state index in [0.717, 1.165) is 0 Å². The highest BCUT2D eigenvalue weighted by Crippen LogP contribution is 2.25. The first-order chi connectivity index (χ1) is 9.23. The lowest BCUT2D eigenvalue weighted by Gasteiger charge is -2.35. The van der Waals surface area contributed by atoms with Gasteiger partial charge in [-0.2, -0.15) is 0 Å². The number of nitrogens with zero attached hydrogens (tertiary/aromatic N) is 1. The van der Waals surface area contributed by atoms with E-state index in [4.69, 9.17) is 5.11 Å². The summed E-state index contributed by atoms with van der Waals surface area (Å²) >= 11 is 0. The molecule has 1 saturated heterocycles. The number of H-pyrrole nitrogens is 1.